The maximum atomic E-state index is 13.8. The lowest BCUT2D eigenvalue weighted by atomic mass is 9.82. The highest BCUT2D eigenvalue weighted by Gasteiger charge is 2.49. The maximum absolute atomic E-state index is 13.8. The Morgan fingerprint density at radius 2 is 1.55 bits per heavy atom. The van der Waals surface area contributed by atoms with Gasteiger partial charge < -0.3 is 34.5 Å². The Labute approximate surface area is 313 Å². The normalized spacial score (nSPS) is 13.7. The summed E-state index contributed by atoms with van der Waals surface area (Å²) in [5.41, 5.74) is -2.42. The van der Waals surface area contributed by atoms with E-state index >= 15 is 0 Å². The monoisotopic (exact) mass is 743 g/mol. The zero-order chi connectivity index (χ0) is 39.6. The molecule has 13 nitrogen and oxygen atoms in total. The number of carboxylic acids is 1. The number of benzene rings is 1. The first-order chi connectivity index (χ1) is 25.3. The highest BCUT2D eigenvalue weighted by atomic mass is 16.7. The number of carbonyl (C=O) groups excluding carboxylic acids is 5. The average Bonchev–Trinajstić information content (AvgIpc) is 3.10. The van der Waals surface area contributed by atoms with E-state index in [0.717, 1.165) is 59.0 Å². The first-order valence-electron chi connectivity index (χ1n) is 18.3. The third kappa shape index (κ3) is 19.1. The van der Waals surface area contributed by atoms with Gasteiger partial charge in [-0.1, -0.05) is 75.7 Å². The SMILES string of the molecule is CC#CCOc1ccc(C[C@H](NC(=O)[C@@H](/C=C/CCCCCCC(=O)CCCCCCC)C(O)(CC(=O)O[C@@H](C)OC(C)=O)C(=O)O)C(=O)OC)cc1. The number of methoxy groups -OCH3 is 1. The summed E-state index contributed by atoms with van der Waals surface area (Å²) in [5, 5.41) is 24.1. The molecular weight excluding hydrogens is 686 g/mol. The predicted molar refractivity (Wildman–Crippen MR) is 196 cm³/mol. The summed E-state index contributed by atoms with van der Waals surface area (Å²) in [5.74, 6) is -1.36. The van der Waals surface area contributed by atoms with Crippen molar-refractivity contribution in [3.05, 3.63) is 42.0 Å². The number of carboxylic acid groups (broad SMARTS) is 1. The van der Waals surface area contributed by atoms with E-state index in [0.29, 0.717) is 37.0 Å². The van der Waals surface area contributed by atoms with Crippen LogP contribution in [0.2, 0.25) is 0 Å². The average molecular weight is 744 g/mol. The van der Waals surface area contributed by atoms with Crippen molar-refractivity contribution in [1.82, 2.24) is 5.32 Å². The fraction of sp³-hybridized carbons (Fsp3) is 0.600. The summed E-state index contributed by atoms with van der Waals surface area (Å²) >= 11 is 0. The van der Waals surface area contributed by atoms with Gasteiger partial charge >= 0.3 is 23.9 Å². The van der Waals surface area contributed by atoms with Gasteiger partial charge in [-0.2, -0.15) is 0 Å². The lowest BCUT2D eigenvalue weighted by Gasteiger charge is -2.30. The van der Waals surface area contributed by atoms with Crippen LogP contribution in [0.5, 0.6) is 5.75 Å². The van der Waals surface area contributed by atoms with Crippen molar-refractivity contribution in [1.29, 1.82) is 0 Å². The molecule has 1 amide bonds. The smallest absolute Gasteiger partial charge is 0.337 e. The molecule has 0 spiro atoms. The van der Waals surface area contributed by atoms with Gasteiger partial charge in [0.1, 0.15) is 24.2 Å². The number of ketones is 1. The van der Waals surface area contributed by atoms with E-state index < -0.39 is 60.1 Å². The first kappa shape index (κ1) is 46.3. The minimum atomic E-state index is -3.02. The van der Waals surface area contributed by atoms with E-state index in [9.17, 15) is 39.0 Å². The van der Waals surface area contributed by atoms with Crippen LogP contribution < -0.4 is 10.1 Å². The van der Waals surface area contributed by atoms with E-state index in [-0.39, 0.29) is 18.8 Å². The number of aliphatic hydroxyl groups is 1. The quantitative estimate of drug-likeness (QED) is 0.0343. The molecule has 1 rings (SSSR count). The van der Waals surface area contributed by atoms with Crippen molar-refractivity contribution >= 4 is 35.6 Å². The molecule has 0 aliphatic rings. The largest absolute Gasteiger partial charge is 0.481 e. The van der Waals surface area contributed by atoms with Crippen molar-refractivity contribution in [2.75, 3.05) is 13.7 Å². The zero-order valence-electron chi connectivity index (χ0n) is 31.8. The van der Waals surface area contributed by atoms with Crippen LogP contribution in [0.1, 0.15) is 117 Å². The van der Waals surface area contributed by atoms with Crippen LogP contribution in [-0.4, -0.2) is 77.4 Å². The van der Waals surface area contributed by atoms with Gasteiger partial charge in [0.15, 0.2) is 5.60 Å². The van der Waals surface area contributed by atoms with Gasteiger partial charge in [-0.05, 0) is 50.3 Å². The Balaban J connectivity index is 3.09. The highest BCUT2D eigenvalue weighted by Crippen LogP contribution is 2.27. The Morgan fingerprint density at radius 3 is 2.11 bits per heavy atom. The molecular formula is C40H57NO12. The Kier molecular flexibility index (Phi) is 22.8. The summed E-state index contributed by atoms with van der Waals surface area (Å²) < 4.78 is 20.1. The molecule has 0 aliphatic heterocycles. The summed E-state index contributed by atoms with van der Waals surface area (Å²) in [6, 6.07) is 5.37. The molecule has 0 saturated carbocycles. The summed E-state index contributed by atoms with van der Waals surface area (Å²) in [6.45, 7) is 6.34. The van der Waals surface area contributed by atoms with Gasteiger partial charge in [0.2, 0.25) is 12.2 Å². The molecule has 0 aliphatic carbocycles. The topological polar surface area (TPSA) is 192 Å². The Hall–Kier alpha value is -4.70. The number of rotatable bonds is 27. The van der Waals surface area contributed by atoms with Crippen molar-refractivity contribution in [3.63, 3.8) is 0 Å². The van der Waals surface area contributed by atoms with Crippen LogP contribution >= 0.6 is 0 Å². The van der Waals surface area contributed by atoms with Crippen LogP contribution in [0.25, 0.3) is 0 Å². The number of esters is 3. The summed E-state index contributed by atoms with van der Waals surface area (Å²) in [4.78, 5) is 75.3. The van der Waals surface area contributed by atoms with E-state index in [1.807, 2.05) is 0 Å². The number of Topliss-reactive ketones (excluding diaryl/α,β-unsaturated/α-hetero) is 1. The van der Waals surface area contributed by atoms with Gasteiger partial charge in [0.05, 0.1) is 19.4 Å². The lowest BCUT2D eigenvalue weighted by Crippen LogP contribution is -2.55. The molecule has 1 unspecified atom stereocenters. The highest BCUT2D eigenvalue weighted by molar-refractivity contribution is 5.95. The van der Waals surface area contributed by atoms with Crippen molar-refractivity contribution in [2.24, 2.45) is 5.92 Å². The van der Waals surface area contributed by atoms with Gasteiger partial charge in [0.25, 0.3) is 0 Å². The molecule has 294 valence electrons. The van der Waals surface area contributed by atoms with Crippen LogP contribution in [0.3, 0.4) is 0 Å². The van der Waals surface area contributed by atoms with Crippen LogP contribution in [0, 0.1) is 17.8 Å². The standard InChI is InChI=1S/C40H57NO12/c1-6-8-10-13-16-19-32(43)20-17-14-11-12-15-18-21-34(40(49,39(47)48)28-36(44)53-30(4)52-29(3)42)37(45)41-35(38(46)50-5)27-31-22-24-33(25-23-31)51-26-9-7-2/h18,21-25,30,34-35,49H,6,8,10-17,19-20,26-28H2,1-5H3,(H,41,45)(H,47,48)/b21-18+/t30-,34+,35-,40?/m0/s1. The molecule has 0 fully saturated rings. The van der Waals surface area contributed by atoms with Crippen molar-refractivity contribution in [3.8, 4) is 17.6 Å². The fourth-order valence-corrected chi connectivity index (χ4v) is 5.45. The van der Waals surface area contributed by atoms with E-state index in [2.05, 4.69) is 24.1 Å². The van der Waals surface area contributed by atoms with Crippen molar-refractivity contribution < 1.29 is 57.9 Å². The van der Waals surface area contributed by atoms with E-state index in [1.54, 1.807) is 31.2 Å². The molecule has 0 aromatic heterocycles. The van der Waals surface area contributed by atoms with Gasteiger partial charge in [-0.3, -0.25) is 19.2 Å². The molecule has 53 heavy (non-hydrogen) atoms. The second-order valence-electron chi connectivity index (χ2n) is 12.8. The molecule has 0 heterocycles. The number of aliphatic carboxylic acids is 1. The number of amides is 1. The molecule has 0 bridgehead atoms. The number of ether oxygens (including phenoxy) is 4. The molecule has 0 radical (unpaired) electrons. The Bertz CT molecular complexity index is 1410. The number of allylic oxidation sites excluding steroid dienone is 1. The first-order valence-corrected chi connectivity index (χ1v) is 18.3. The van der Waals surface area contributed by atoms with E-state index in [1.165, 1.54) is 25.5 Å². The molecule has 3 N–H and O–H groups in total. The lowest BCUT2D eigenvalue weighted by molar-refractivity contribution is -0.191. The summed E-state index contributed by atoms with van der Waals surface area (Å²) in [6.07, 6.45) is 10.1. The van der Waals surface area contributed by atoms with Crippen LogP contribution in [0.4, 0.5) is 0 Å². The fourth-order valence-electron chi connectivity index (χ4n) is 5.45. The van der Waals surface area contributed by atoms with Gasteiger partial charge in [-0.15, -0.1) is 5.92 Å². The number of carbonyl (C=O) groups is 6. The number of hydrogen-bond donors (Lipinski definition) is 3. The zero-order valence-corrected chi connectivity index (χ0v) is 31.8. The second kappa shape index (κ2) is 26.1. The molecule has 1 aromatic rings. The van der Waals surface area contributed by atoms with Crippen LogP contribution in [0.15, 0.2) is 36.4 Å². The van der Waals surface area contributed by atoms with Gasteiger partial charge in [-0.25, -0.2) is 9.59 Å². The second-order valence-corrected chi connectivity index (χ2v) is 12.8. The Morgan fingerprint density at radius 1 is 0.925 bits per heavy atom. The van der Waals surface area contributed by atoms with Crippen LogP contribution in [-0.2, 0) is 49.4 Å². The minimum absolute atomic E-state index is 0.0569. The number of hydrogen-bond acceptors (Lipinski definition) is 11. The number of unbranched alkanes of at least 4 members (excludes halogenated alkanes) is 8. The maximum Gasteiger partial charge on any atom is 0.337 e. The molecule has 1 aromatic carbocycles. The summed E-state index contributed by atoms with van der Waals surface area (Å²) in [7, 11) is 1.13. The molecule has 0 saturated heterocycles. The molecule has 13 heteroatoms. The predicted octanol–water partition coefficient (Wildman–Crippen LogP) is 5.39. The third-order valence-corrected chi connectivity index (χ3v) is 8.33. The molecule has 4 atom stereocenters. The minimum Gasteiger partial charge on any atom is -0.481 e. The third-order valence-electron chi connectivity index (χ3n) is 8.33. The number of nitrogens with one attached hydrogen (secondary N) is 1. The van der Waals surface area contributed by atoms with E-state index in [4.69, 9.17) is 18.9 Å². The van der Waals surface area contributed by atoms with Gasteiger partial charge in [0, 0.05) is 33.1 Å². The van der Waals surface area contributed by atoms with Crippen molar-refractivity contribution in [2.45, 2.75) is 136 Å².